The lowest BCUT2D eigenvalue weighted by Gasteiger charge is -2.33. The van der Waals surface area contributed by atoms with Gasteiger partial charge in [0.1, 0.15) is 6.54 Å². The van der Waals surface area contributed by atoms with E-state index in [0.29, 0.717) is 12.2 Å². The summed E-state index contributed by atoms with van der Waals surface area (Å²) in [6.07, 6.45) is 1.96. The zero-order valence-electron chi connectivity index (χ0n) is 16.8. The van der Waals surface area contributed by atoms with Crippen LogP contribution in [-0.4, -0.2) is 38.7 Å². The lowest BCUT2D eigenvalue weighted by molar-refractivity contribution is -0.133. The van der Waals surface area contributed by atoms with E-state index in [9.17, 15) is 4.79 Å². The summed E-state index contributed by atoms with van der Waals surface area (Å²) in [5, 5.41) is 5.56. The Hall–Kier alpha value is -2.89. The van der Waals surface area contributed by atoms with Crippen LogP contribution in [0.3, 0.4) is 0 Å². The minimum Gasteiger partial charge on any atom is -0.397 e. The Balaban J connectivity index is 1.53. The van der Waals surface area contributed by atoms with Crippen LogP contribution in [0.15, 0.2) is 30.3 Å². The maximum atomic E-state index is 12.9. The highest BCUT2D eigenvalue weighted by Gasteiger charge is 2.27. The Bertz CT molecular complexity index is 1040. The minimum atomic E-state index is 0.106. The van der Waals surface area contributed by atoms with Crippen molar-refractivity contribution in [1.82, 2.24) is 19.7 Å². The standard InChI is InChI=1S/C22H27N5O/c1-14-15(2)25-27(16(14)3)13-21(28)26-10-6-8-18(12-26)22-19(23)11-17-7-4-5-9-20(17)24-22/h4-5,7,9,11,18H,6,8,10,12-13,23H2,1-3H3. The molecule has 2 aromatic heterocycles. The van der Waals surface area contributed by atoms with Gasteiger partial charge in [-0.25, -0.2) is 0 Å². The first kappa shape index (κ1) is 18.5. The second kappa shape index (κ2) is 7.26. The van der Waals surface area contributed by atoms with Crippen LogP contribution in [0.2, 0.25) is 0 Å². The third kappa shape index (κ3) is 3.35. The van der Waals surface area contributed by atoms with Crippen molar-refractivity contribution < 1.29 is 4.79 Å². The molecule has 1 aliphatic rings. The Morgan fingerprint density at radius 1 is 1.25 bits per heavy atom. The second-order valence-electron chi connectivity index (χ2n) is 7.79. The number of carbonyl (C=O) groups is 1. The molecule has 6 nitrogen and oxygen atoms in total. The van der Waals surface area contributed by atoms with E-state index in [1.54, 1.807) is 0 Å². The van der Waals surface area contributed by atoms with E-state index >= 15 is 0 Å². The molecule has 1 aliphatic heterocycles. The molecule has 1 atom stereocenters. The summed E-state index contributed by atoms with van der Waals surface area (Å²) < 4.78 is 1.82. The lowest BCUT2D eigenvalue weighted by atomic mass is 9.92. The summed E-state index contributed by atoms with van der Waals surface area (Å²) in [5.74, 6) is 0.277. The first-order valence-electron chi connectivity index (χ1n) is 9.87. The number of amides is 1. The number of pyridine rings is 1. The summed E-state index contributed by atoms with van der Waals surface area (Å²) in [7, 11) is 0. The number of para-hydroxylation sites is 1. The Kier molecular flexibility index (Phi) is 4.79. The molecule has 0 bridgehead atoms. The number of aromatic nitrogens is 3. The zero-order chi connectivity index (χ0) is 19.8. The maximum absolute atomic E-state index is 12.9. The van der Waals surface area contributed by atoms with Crippen molar-refractivity contribution in [2.45, 2.75) is 46.1 Å². The quantitative estimate of drug-likeness (QED) is 0.759. The van der Waals surface area contributed by atoms with Gasteiger partial charge in [0.25, 0.3) is 0 Å². The van der Waals surface area contributed by atoms with Crippen molar-refractivity contribution in [3.05, 3.63) is 53.0 Å². The van der Waals surface area contributed by atoms with Gasteiger partial charge in [0.2, 0.25) is 5.91 Å². The van der Waals surface area contributed by atoms with E-state index in [1.807, 2.05) is 60.7 Å². The van der Waals surface area contributed by atoms with Crippen molar-refractivity contribution in [2.75, 3.05) is 18.8 Å². The van der Waals surface area contributed by atoms with E-state index < -0.39 is 0 Å². The number of hydrogen-bond acceptors (Lipinski definition) is 4. The predicted octanol–water partition coefficient (Wildman–Crippen LogP) is 3.34. The highest BCUT2D eigenvalue weighted by Crippen LogP contribution is 2.31. The summed E-state index contributed by atoms with van der Waals surface area (Å²) >= 11 is 0. The number of nitrogens with two attached hydrogens (primary N) is 1. The molecule has 28 heavy (non-hydrogen) atoms. The molecule has 1 fully saturated rings. The molecule has 1 saturated heterocycles. The van der Waals surface area contributed by atoms with Gasteiger partial charge in [0.05, 0.1) is 22.6 Å². The lowest BCUT2D eigenvalue weighted by Crippen LogP contribution is -2.41. The Morgan fingerprint density at radius 3 is 2.79 bits per heavy atom. The molecule has 0 radical (unpaired) electrons. The van der Waals surface area contributed by atoms with Gasteiger partial charge < -0.3 is 10.6 Å². The fourth-order valence-electron chi connectivity index (χ4n) is 4.07. The second-order valence-corrected chi connectivity index (χ2v) is 7.79. The van der Waals surface area contributed by atoms with Gasteiger partial charge in [-0.1, -0.05) is 18.2 Å². The zero-order valence-corrected chi connectivity index (χ0v) is 16.8. The fraction of sp³-hybridized carbons (Fsp3) is 0.409. The molecule has 0 saturated carbocycles. The molecule has 0 spiro atoms. The van der Waals surface area contributed by atoms with Crippen molar-refractivity contribution in [3.8, 4) is 0 Å². The van der Waals surface area contributed by atoms with Crippen molar-refractivity contribution >= 4 is 22.5 Å². The first-order valence-corrected chi connectivity index (χ1v) is 9.87. The molecule has 6 heteroatoms. The number of carbonyl (C=O) groups excluding carboxylic acids is 1. The van der Waals surface area contributed by atoms with Crippen LogP contribution in [0.25, 0.3) is 10.9 Å². The molecule has 3 aromatic rings. The summed E-state index contributed by atoms with van der Waals surface area (Å²) in [6, 6.07) is 10.0. The molecule has 1 aromatic carbocycles. The fourth-order valence-corrected chi connectivity index (χ4v) is 4.07. The SMILES string of the molecule is Cc1nn(CC(=O)N2CCCC(c3nc4ccccc4cc3N)C2)c(C)c1C. The molecule has 0 aliphatic carbocycles. The Morgan fingerprint density at radius 2 is 2.04 bits per heavy atom. The van der Waals surface area contributed by atoms with Gasteiger partial charge in [-0.15, -0.1) is 0 Å². The smallest absolute Gasteiger partial charge is 0.244 e. The summed E-state index contributed by atoms with van der Waals surface area (Å²) in [5.41, 5.74) is 12.1. The molecular weight excluding hydrogens is 350 g/mol. The molecule has 146 valence electrons. The topological polar surface area (TPSA) is 77.0 Å². The molecule has 1 unspecified atom stereocenters. The normalized spacial score (nSPS) is 17.2. The number of nitrogens with zero attached hydrogens (tertiary/aromatic N) is 4. The largest absolute Gasteiger partial charge is 0.397 e. The van der Waals surface area contributed by atoms with Gasteiger partial charge >= 0.3 is 0 Å². The highest BCUT2D eigenvalue weighted by molar-refractivity contribution is 5.82. The van der Waals surface area contributed by atoms with E-state index in [4.69, 9.17) is 10.7 Å². The number of rotatable bonds is 3. The average Bonchev–Trinajstić information content (AvgIpc) is 2.94. The van der Waals surface area contributed by atoms with Gasteiger partial charge in [-0.2, -0.15) is 5.10 Å². The van der Waals surface area contributed by atoms with Crippen LogP contribution in [0.5, 0.6) is 0 Å². The van der Waals surface area contributed by atoms with Gasteiger partial charge in [0, 0.05) is 30.1 Å². The van der Waals surface area contributed by atoms with Crippen LogP contribution in [0.4, 0.5) is 5.69 Å². The van der Waals surface area contributed by atoms with Crippen LogP contribution in [0.1, 0.15) is 41.4 Å². The van der Waals surface area contributed by atoms with E-state index in [0.717, 1.165) is 52.9 Å². The number of nitrogen functional groups attached to an aromatic ring is 1. The number of fused-ring (bicyclic) bond motifs is 1. The van der Waals surface area contributed by atoms with Crippen LogP contribution in [-0.2, 0) is 11.3 Å². The molecular formula is C22H27N5O. The minimum absolute atomic E-state index is 0.106. The summed E-state index contributed by atoms with van der Waals surface area (Å²) in [6.45, 7) is 7.76. The molecule has 3 heterocycles. The third-order valence-corrected chi connectivity index (χ3v) is 5.97. The molecule has 1 amide bonds. The number of aryl methyl sites for hydroxylation is 1. The summed E-state index contributed by atoms with van der Waals surface area (Å²) in [4.78, 5) is 19.7. The number of piperidine rings is 1. The van der Waals surface area contributed by atoms with Gasteiger partial charge in [-0.05, 0) is 51.3 Å². The van der Waals surface area contributed by atoms with Crippen molar-refractivity contribution in [2.24, 2.45) is 0 Å². The average molecular weight is 377 g/mol. The van der Waals surface area contributed by atoms with Crippen LogP contribution < -0.4 is 5.73 Å². The number of likely N-dealkylation sites (tertiary alicyclic amines) is 1. The monoisotopic (exact) mass is 377 g/mol. The first-order chi connectivity index (χ1) is 13.4. The predicted molar refractivity (Wildman–Crippen MR) is 111 cm³/mol. The van der Waals surface area contributed by atoms with E-state index in [2.05, 4.69) is 5.10 Å². The number of hydrogen-bond donors (Lipinski definition) is 1. The third-order valence-electron chi connectivity index (χ3n) is 5.97. The number of benzene rings is 1. The highest BCUT2D eigenvalue weighted by atomic mass is 16.2. The maximum Gasteiger partial charge on any atom is 0.244 e. The van der Waals surface area contributed by atoms with Crippen LogP contribution >= 0.6 is 0 Å². The molecule has 2 N–H and O–H groups in total. The van der Waals surface area contributed by atoms with Crippen LogP contribution in [0, 0.1) is 20.8 Å². The van der Waals surface area contributed by atoms with Gasteiger partial charge in [-0.3, -0.25) is 14.5 Å². The van der Waals surface area contributed by atoms with E-state index in [1.165, 1.54) is 0 Å². The number of anilines is 1. The Labute approximate surface area is 165 Å². The van der Waals surface area contributed by atoms with Crippen molar-refractivity contribution in [1.29, 1.82) is 0 Å². The molecule has 4 rings (SSSR count). The van der Waals surface area contributed by atoms with Gasteiger partial charge in [0.15, 0.2) is 0 Å². The van der Waals surface area contributed by atoms with E-state index in [-0.39, 0.29) is 18.4 Å². The van der Waals surface area contributed by atoms with Crippen molar-refractivity contribution in [3.63, 3.8) is 0 Å².